The first-order chi connectivity index (χ1) is 13.3. The normalized spacial score (nSPS) is 10.6. The molecule has 0 aliphatic carbocycles. The standard InChI is InChI=1S/C23H33NO3/c1-3-4-5-6-9-15-26-22-13-10-12-21(18-22)24-19-20-11-7-8-14-23(20)27-17-16-25-2/h7-8,10-14,18,24H,3-6,9,15-17,19H2,1-2H3. The minimum Gasteiger partial charge on any atom is -0.494 e. The summed E-state index contributed by atoms with van der Waals surface area (Å²) in [5.41, 5.74) is 2.17. The summed E-state index contributed by atoms with van der Waals surface area (Å²) in [5, 5.41) is 3.46. The van der Waals surface area contributed by atoms with Crippen LogP contribution in [0.1, 0.15) is 44.6 Å². The van der Waals surface area contributed by atoms with Crippen molar-refractivity contribution in [2.75, 3.05) is 32.2 Å². The molecule has 0 bridgehead atoms. The van der Waals surface area contributed by atoms with Gasteiger partial charge in [0.1, 0.15) is 18.1 Å². The van der Waals surface area contributed by atoms with E-state index in [1.54, 1.807) is 7.11 Å². The van der Waals surface area contributed by atoms with Gasteiger partial charge in [0, 0.05) is 31.0 Å². The molecule has 0 heterocycles. The maximum atomic E-state index is 5.89. The number of para-hydroxylation sites is 1. The summed E-state index contributed by atoms with van der Waals surface area (Å²) in [6, 6.07) is 16.2. The summed E-state index contributed by atoms with van der Waals surface area (Å²) in [4.78, 5) is 0. The predicted octanol–water partition coefficient (Wildman–Crippen LogP) is 5.67. The van der Waals surface area contributed by atoms with E-state index in [2.05, 4.69) is 30.4 Å². The van der Waals surface area contributed by atoms with Gasteiger partial charge in [0.25, 0.3) is 0 Å². The topological polar surface area (TPSA) is 39.7 Å². The molecular weight excluding hydrogens is 338 g/mol. The third-order valence-electron chi connectivity index (χ3n) is 4.35. The summed E-state index contributed by atoms with van der Waals surface area (Å²) in [6.07, 6.45) is 6.24. The first-order valence-electron chi connectivity index (χ1n) is 10.00. The molecule has 0 atom stereocenters. The van der Waals surface area contributed by atoms with Crippen LogP contribution in [0.2, 0.25) is 0 Å². The molecule has 2 aromatic carbocycles. The molecular formula is C23H33NO3. The Morgan fingerprint density at radius 3 is 2.52 bits per heavy atom. The van der Waals surface area contributed by atoms with Crippen molar-refractivity contribution in [1.82, 2.24) is 0 Å². The van der Waals surface area contributed by atoms with Gasteiger partial charge in [-0.05, 0) is 24.6 Å². The van der Waals surface area contributed by atoms with Gasteiger partial charge in [0.2, 0.25) is 0 Å². The maximum Gasteiger partial charge on any atom is 0.124 e. The number of rotatable bonds is 14. The fourth-order valence-corrected chi connectivity index (χ4v) is 2.81. The molecule has 4 nitrogen and oxygen atoms in total. The Morgan fingerprint density at radius 2 is 1.67 bits per heavy atom. The first kappa shape index (κ1) is 21.1. The Balaban J connectivity index is 1.81. The molecule has 0 fully saturated rings. The molecule has 0 aliphatic rings. The van der Waals surface area contributed by atoms with Crippen LogP contribution < -0.4 is 14.8 Å². The van der Waals surface area contributed by atoms with E-state index in [9.17, 15) is 0 Å². The molecule has 0 saturated heterocycles. The first-order valence-corrected chi connectivity index (χ1v) is 10.00. The Kier molecular flexibility index (Phi) is 10.2. The third kappa shape index (κ3) is 8.35. The molecule has 0 unspecified atom stereocenters. The molecule has 0 saturated carbocycles. The number of unbranched alkanes of at least 4 members (excludes halogenated alkanes) is 4. The molecule has 0 aromatic heterocycles. The van der Waals surface area contributed by atoms with Gasteiger partial charge in [-0.25, -0.2) is 0 Å². The van der Waals surface area contributed by atoms with Crippen LogP contribution in [0.25, 0.3) is 0 Å². The van der Waals surface area contributed by atoms with Crippen LogP contribution in [0.4, 0.5) is 5.69 Å². The van der Waals surface area contributed by atoms with Crippen LogP contribution in [-0.4, -0.2) is 26.9 Å². The van der Waals surface area contributed by atoms with Crippen LogP contribution in [0.5, 0.6) is 11.5 Å². The van der Waals surface area contributed by atoms with E-state index in [1.165, 1.54) is 25.7 Å². The van der Waals surface area contributed by atoms with E-state index in [0.29, 0.717) is 19.8 Å². The lowest BCUT2D eigenvalue weighted by molar-refractivity contribution is 0.146. The molecule has 27 heavy (non-hydrogen) atoms. The minimum absolute atomic E-state index is 0.551. The van der Waals surface area contributed by atoms with Gasteiger partial charge < -0.3 is 19.5 Å². The molecule has 1 N–H and O–H groups in total. The van der Waals surface area contributed by atoms with Crippen molar-refractivity contribution >= 4 is 5.69 Å². The zero-order valence-electron chi connectivity index (χ0n) is 16.7. The predicted molar refractivity (Wildman–Crippen MR) is 112 cm³/mol. The van der Waals surface area contributed by atoms with E-state index >= 15 is 0 Å². The van der Waals surface area contributed by atoms with E-state index in [1.807, 2.05) is 30.3 Å². The van der Waals surface area contributed by atoms with Gasteiger partial charge in [-0.2, -0.15) is 0 Å². The summed E-state index contributed by atoms with van der Waals surface area (Å²) >= 11 is 0. The highest BCUT2D eigenvalue weighted by Gasteiger charge is 2.04. The third-order valence-corrected chi connectivity index (χ3v) is 4.35. The smallest absolute Gasteiger partial charge is 0.124 e. The number of nitrogens with one attached hydrogen (secondary N) is 1. The van der Waals surface area contributed by atoms with Gasteiger partial charge in [-0.3, -0.25) is 0 Å². The number of benzene rings is 2. The van der Waals surface area contributed by atoms with Crippen molar-refractivity contribution in [1.29, 1.82) is 0 Å². The van der Waals surface area contributed by atoms with Crippen LogP contribution >= 0.6 is 0 Å². The summed E-state index contributed by atoms with van der Waals surface area (Å²) < 4.78 is 16.7. The number of hydrogen-bond acceptors (Lipinski definition) is 4. The largest absolute Gasteiger partial charge is 0.494 e. The highest BCUT2D eigenvalue weighted by Crippen LogP contribution is 2.22. The Bertz CT molecular complexity index is 645. The van der Waals surface area contributed by atoms with Crippen LogP contribution in [0.3, 0.4) is 0 Å². The van der Waals surface area contributed by atoms with Crippen molar-refractivity contribution in [2.24, 2.45) is 0 Å². The van der Waals surface area contributed by atoms with E-state index < -0.39 is 0 Å². The number of anilines is 1. The Labute approximate surface area is 163 Å². The molecule has 0 amide bonds. The Morgan fingerprint density at radius 1 is 0.815 bits per heavy atom. The number of hydrogen-bond donors (Lipinski definition) is 1. The van der Waals surface area contributed by atoms with E-state index in [4.69, 9.17) is 14.2 Å². The molecule has 0 aliphatic heterocycles. The highest BCUT2D eigenvalue weighted by atomic mass is 16.5. The van der Waals surface area contributed by atoms with Crippen LogP contribution in [-0.2, 0) is 11.3 Å². The molecule has 2 aromatic rings. The zero-order chi connectivity index (χ0) is 19.2. The maximum absolute atomic E-state index is 5.89. The van der Waals surface area contributed by atoms with E-state index in [-0.39, 0.29) is 0 Å². The monoisotopic (exact) mass is 371 g/mol. The van der Waals surface area contributed by atoms with Crippen molar-refractivity contribution < 1.29 is 14.2 Å². The highest BCUT2D eigenvalue weighted by molar-refractivity contribution is 5.49. The lowest BCUT2D eigenvalue weighted by atomic mass is 10.2. The molecule has 0 spiro atoms. The summed E-state index contributed by atoms with van der Waals surface area (Å²) in [6.45, 7) is 4.85. The summed E-state index contributed by atoms with van der Waals surface area (Å²) in [7, 11) is 1.68. The lowest BCUT2D eigenvalue weighted by Gasteiger charge is -2.13. The van der Waals surface area contributed by atoms with Crippen molar-refractivity contribution in [2.45, 2.75) is 45.6 Å². The average Bonchev–Trinajstić information content (AvgIpc) is 2.70. The van der Waals surface area contributed by atoms with Gasteiger partial charge in [0.15, 0.2) is 0 Å². The molecule has 0 radical (unpaired) electrons. The molecule has 4 heteroatoms. The van der Waals surface area contributed by atoms with Gasteiger partial charge in [-0.1, -0.05) is 56.9 Å². The van der Waals surface area contributed by atoms with Gasteiger partial charge in [-0.15, -0.1) is 0 Å². The average molecular weight is 372 g/mol. The fourth-order valence-electron chi connectivity index (χ4n) is 2.81. The second-order valence-corrected chi connectivity index (χ2v) is 6.59. The minimum atomic E-state index is 0.551. The molecule has 148 valence electrons. The van der Waals surface area contributed by atoms with Crippen molar-refractivity contribution in [3.8, 4) is 11.5 Å². The van der Waals surface area contributed by atoms with Crippen LogP contribution in [0, 0.1) is 0 Å². The molecule has 2 rings (SSSR count). The van der Waals surface area contributed by atoms with Gasteiger partial charge in [0.05, 0.1) is 13.2 Å². The quantitative estimate of drug-likeness (QED) is 0.434. The van der Waals surface area contributed by atoms with Crippen LogP contribution in [0.15, 0.2) is 48.5 Å². The summed E-state index contributed by atoms with van der Waals surface area (Å²) in [5.74, 6) is 1.81. The fraction of sp³-hybridized carbons (Fsp3) is 0.478. The number of methoxy groups -OCH3 is 1. The number of ether oxygens (including phenoxy) is 3. The SMILES string of the molecule is CCCCCCCOc1cccc(NCc2ccccc2OCCOC)c1. The lowest BCUT2D eigenvalue weighted by Crippen LogP contribution is -2.08. The second-order valence-electron chi connectivity index (χ2n) is 6.59. The zero-order valence-corrected chi connectivity index (χ0v) is 16.7. The Hall–Kier alpha value is -2.20. The second kappa shape index (κ2) is 13.0. The van der Waals surface area contributed by atoms with Crippen molar-refractivity contribution in [3.05, 3.63) is 54.1 Å². The van der Waals surface area contributed by atoms with Crippen molar-refractivity contribution in [3.63, 3.8) is 0 Å². The van der Waals surface area contributed by atoms with Gasteiger partial charge >= 0.3 is 0 Å². The van der Waals surface area contributed by atoms with E-state index in [0.717, 1.165) is 35.8 Å².